The van der Waals surface area contributed by atoms with Crippen LogP contribution >= 0.6 is 27.3 Å². The maximum atomic E-state index is 6.06. The van der Waals surface area contributed by atoms with E-state index in [9.17, 15) is 0 Å². The highest BCUT2D eigenvalue weighted by Gasteiger charge is 2.29. The van der Waals surface area contributed by atoms with E-state index in [4.69, 9.17) is 5.73 Å². The molecule has 1 aromatic carbocycles. The molecule has 0 unspecified atom stereocenters. The van der Waals surface area contributed by atoms with Gasteiger partial charge < -0.3 is 5.73 Å². The molecule has 1 aliphatic carbocycles. The number of benzene rings is 1. The lowest BCUT2D eigenvalue weighted by Gasteiger charge is -2.22. The van der Waals surface area contributed by atoms with Crippen molar-refractivity contribution in [3.8, 4) is 0 Å². The molecule has 2 N–H and O–H groups in total. The molecule has 2 aromatic rings. The van der Waals surface area contributed by atoms with E-state index in [1.807, 2.05) is 23.5 Å². The zero-order chi connectivity index (χ0) is 13.2. The van der Waals surface area contributed by atoms with Crippen LogP contribution in [0.15, 0.2) is 40.2 Å². The van der Waals surface area contributed by atoms with E-state index in [-0.39, 0.29) is 0 Å². The molecule has 0 bridgehead atoms. The number of rotatable bonds is 5. The number of thiophene rings is 1. The molecular weight excluding hydrogens is 320 g/mol. The monoisotopic (exact) mass is 336 g/mol. The Morgan fingerprint density at radius 1 is 1.26 bits per heavy atom. The molecule has 1 heterocycles. The van der Waals surface area contributed by atoms with Gasteiger partial charge >= 0.3 is 0 Å². The lowest BCUT2D eigenvalue weighted by Crippen LogP contribution is -2.25. The molecule has 0 amide bonds. The third-order valence-corrected chi connectivity index (χ3v) is 5.15. The number of nitrogen functional groups attached to an aromatic ring is 1. The van der Waals surface area contributed by atoms with Crippen LogP contribution in [0.5, 0.6) is 0 Å². The lowest BCUT2D eigenvalue weighted by atomic mass is 10.1. The number of hydrogen-bond acceptors (Lipinski definition) is 3. The summed E-state index contributed by atoms with van der Waals surface area (Å²) < 4.78 is 1.18. The molecule has 0 saturated heterocycles. The Labute approximate surface area is 126 Å². The molecule has 0 aliphatic heterocycles. The summed E-state index contributed by atoms with van der Waals surface area (Å²) >= 11 is 5.34. The molecule has 0 atom stereocenters. The molecule has 3 rings (SSSR count). The second-order valence-electron chi connectivity index (χ2n) is 5.07. The van der Waals surface area contributed by atoms with Gasteiger partial charge in [-0.15, -0.1) is 11.3 Å². The summed E-state index contributed by atoms with van der Waals surface area (Å²) in [5.41, 5.74) is 8.20. The largest absolute Gasteiger partial charge is 0.398 e. The number of halogens is 1. The maximum absolute atomic E-state index is 6.06. The summed E-state index contributed by atoms with van der Waals surface area (Å²) in [6, 6.07) is 11.1. The van der Waals surface area contributed by atoms with Gasteiger partial charge in [0.2, 0.25) is 0 Å². The smallest absolute Gasteiger partial charge is 0.0359 e. The Morgan fingerprint density at radius 2 is 2.05 bits per heavy atom. The SMILES string of the molecule is Nc1ccccc1CN(Cc1cc(Br)cs1)C1CC1. The third-order valence-electron chi connectivity index (χ3n) is 3.47. The normalized spacial score (nSPS) is 15.1. The second kappa shape index (κ2) is 5.65. The Morgan fingerprint density at radius 3 is 2.68 bits per heavy atom. The van der Waals surface area contributed by atoms with E-state index in [0.29, 0.717) is 0 Å². The lowest BCUT2D eigenvalue weighted by molar-refractivity contribution is 0.248. The fourth-order valence-corrected chi connectivity index (χ4v) is 3.76. The van der Waals surface area contributed by atoms with Crippen molar-refractivity contribution in [1.29, 1.82) is 0 Å². The molecule has 1 aromatic heterocycles. The number of nitrogens with two attached hydrogens (primary N) is 1. The molecule has 0 radical (unpaired) electrons. The van der Waals surface area contributed by atoms with Gasteiger partial charge in [-0.3, -0.25) is 4.90 Å². The highest BCUT2D eigenvalue weighted by molar-refractivity contribution is 9.10. The summed E-state index contributed by atoms with van der Waals surface area (Å²) in [4.78, 5) is 3.96. The number of nitrogens with zero attached hydrogens (tertiary/aromatic N) is 1. The van der Waals surface area contributed by atoms with Gasteiger partial charge in [-0.1, -0.05) is 18.2 Å². The maximum Gasteiger partial charge on any atom is 0.0359 e. The van der Waals surface area contributed by atoms with Gasteiger partial charge in [-0.25, -0.2) is 0 Å². The molecule has 4 heteroatoms. The van der Waals surface area contributed by atoms with Crippen molar-refractivity contribution in [1.82, 2.24) is 4.90 Å². The molecule has 100 valence electrons. The zero-order valence-electron chi connectivity index (χ0n) is 10.7. The van der Waals surface area contributed by atoms with Crippen molar-refractivity contribution in [3.63, 3.8) is 0 Å². The summed E-state index contributed by atoms with van der Waals surface area (Å²) in [7, 11) is 0. The highest BCUT2D eigenvalue weighted by atomic mass is 79.9. The van der Waals surface area contributed by atoms with Crippen LogP contribution in [-0.2, 0) is 13.1 Å². The quantitative estimate of drug-likeness (QED) is 0.826. The van der Waals surface area contributed by atoms with Crippen LogP contribution in [0, 0.1) is 0 Å². The van der Waals surface area contributed by atoms with Crippen LogP contribution in [0.3, 0.4) is 0 Å². The number of anilines is 1. The van der Waals surface area contributed by atoms with Crippen LogP contribution in [0.4, 0.5) is 5.69 Å². The van der Waals surface area contributed by atoms with Crippen molar-refractivity contribution >= 4 is 33.0 Å². The van der Waals surface area contributed by atoms with Gasteiger partial charge in [0.25, 0.3) is 0 Å². The van der Waals surface area contributed by atoms with Crippen molar-refractivity contribution in [2.24, 2.45) is 0 Å². The van der Waals surface area contributed by atoms with Crippen LogP contribution in [0.1, 0.15) is 23.3 Å². The average Bonchev–Trinajstić information content (AvgIpc) is 3.16. The second-order valence-corrected chi connectivity index (χ2v) is 6.98. The van der Waals surface area contributed by atoms with E-state index in [1.54, 1.807) is 0 Å². The first-order chi connectivity index (χ1) is 9.22. The van der Waals surface area contributed by atoms with Crippen molar-refractivity contribution in [2.75, 3.05) is 5.73 Å². The Hall–Kier alpha value is -0.840. The van der Waals surface area contributed by atoms with Gasteiger partial charge in [0, 0.05) is 39.5 Å². The van der Waals surface area contributed by atoms with E-state index in [1.165, 1.54) is 27.8 Å². The molecule has 1 saturated carbocycles. The standard InChI is InChI=1S/C15H17BrN2S/c16-12-7-14(19-10-12)9-18(13-5-6-13)8-11-3-1-2-4-15(11)17/h1-4,7,10,13H,5-6,8-9,17H2. The molecule has 1 aliphatic rings. The first kappa shape index (κ1) is 13.2. The van der Waals surface area contributed by atoms with E-state index >= 15 is 0 Å². The summed E-state index contributed by atoms with van der Waals surface area (Å²) in [5.74, 6) is 0. The summed E-state index contributed by atoms with van der Waals surface area (Å²) in [6.45, 7) is 1.97. The molecular formula is C15H17BrN2S. The first-order valence-corrected chi connectivity index (χ1v) is 8.20. The van der Waals surface area contributed by atoms with E-state index in [0.717, 1.165) is 24.8 Å². The zero-order valence-corrected chi connectivity index (χ0v) is 13.1. The van der Waals surface area contributed by atoms with Crippen LogP contribution in [0.25, 0.3) is 0 Å². The average molecular weight is 337 g/mol. The summed E-state index contributed by atoms with van der Waals surface area (Å²) in [6.07, 6.45) is 2.64. The Balaban J connectivity index is 1.73. The van der Waals surface area contributed by atoms with Gasteiger partial charge in [-0.2, -0.15) is 0 Å². The van der Waals surface area contributed by atoms with Gasteiger partial charge in [0.1, 0.15) is 0 Å². The van der Waals surface area contributed by atoms with Gasteiger partial charge in [0.15, 0.2) is 0 Å². The van der Waals surface area contributed by atoms with Crippen molar-refractivity contribution in [3.05, 3.63) is 50.6 Å². The van der Waals surface area contributed by atoms with Gasteiger partial charge in [0.05, 0.1) is 0 Å². The Kier molecular flexibility index (Phi) is 3.91. The van der Waals surface area contributed by atoms with Crippen molar-refractivity contribution < 1.29 is 0 Å². The molecule has 19 heavy (non-hydrogen) atoms. The van der Waals surface area contributed by atoms with Crippen LogP contribution < -0.4 is 5.73 Å². The number of para-hydroxylation sites is 1. The third kappa shape index (κ3) is 3.38. The minimum absolute atomic E-state index is 0.737. The molecule has 2 nitrogen and oxygen atoms in total. The van der Waals surface area contributed by atoms with E-state index < -0.39 is 0 Å². The predicted molar refractivity (Wildman–Crippen MR) is 85.1 cm³/mol. The fraction of sp³-hybridized carbons (Fsp3) is 0.333. The van der Waals surface area contributed by atoms with Crippen LogP contribution in [-0.4, -0.2) is 10.9 Å². The number of hydrogen-bond donors (Lipinski definition) is 1. The minimum Gasteiger partial charge on any atom is -0.398 e. The minimum atomic E-state index is 0.737. The van der Waals surface area contributed by atoms with Gasteiger partial charge in [-0.05, 0) is 46.5 Å². The van der Waals surface area contributed by atoms with E-state index in [2.05, 4.69) is 44.4 Å². The van der Waals surface area contributed by atoms with Crippen molar-refractivity contribution in [2.45, 2.75) is 32.0 Å². The van der Waals surface area contributed by atoms with Crippen LogP contribution in [0.2, 0.25) is 0 Å². The predicted octanol–water partition coefficient (Wildman–Crippen LogP) is 4.26. The molecule has 1 fully saturated rings. The Bertz CT molecular complexity index is 563. The highest BCUT2D eigenvalue weighted by Crippen LogP contribution is 2.32. The molecule has 0 spiro atoms. The first-order valence-electron chi connectivity index (χ1n) is 6.53. The summed E-state index contributed by atoms with van der Waals surface area (Å²) in [5, 5.41) is 2.15. The fourth-order valence-electron chi connectivity index (χ4n) is 2.29. The topological polar surface area (TPSA) is 29.3 Å².